The topological polar surface area (TPSA) is 64.5 Å². The first-order valence-electron chi connectivity index (χ1n) is 17.2. The second-order valence-corrected chi connectivity index (χ2v) is 12.5. The lowest BCUT2D eigenvalue weighted by atomic mass is 9.96. The van der Waals surface area contributed by atoms with E-state index in [0.29, 0.717) is 0 Å². The van der Waals surface area contributed by atoms with Crippen molar-refractivity contribution in [2.75, 3.05) is 0 Å². The molecular weight excluding hydrogens is 635 g/mol. The predicted molar refractivity (Wildman–Crippen MR) is 211 cm³/mol. The SMILES string of the molecule is c1ccc(-c2nc(-c3ccc(-c4cc(-c5ccccn5)nc(-c5ccccn5)c4)cc3)c(-c3ccc4ccccc4c3)nc2-c2ccccc2)cc1. The molecule has 0 amide bonds. The van der Waals surface area contributed by atoms with Crippen LogP contribution in [0, 0.1) is 0 Å². The van der Waals surface area contributed by atoms with E-state index in [1.54, 1.807) is 12.4 Å². The van der Waals surface area contributed by atoms with Crippen LogP contribution in [0.5, 0.6) is 0 Å². The summed E-state index contributed by atoms with van der Waals surface area (Å²) in [5.41, 5.74) is 12.6. The Morgan fingerprint density at radius 1 is 0.250 bits per heavy atom. The van der Waals surface area contributed by atoms with Crippen LogP contribution >= 0.6 is 0 Å². The maximum absolute atomic E-state index is 5.47. The van der Waals surface area contributed by atoms with Gasteiger partial charge in [0.25, 0.3) is 0 Å². The molecule has 0 saturated heterocycles. The van der Waals surface area contributed by atoms with Crippen LogP contribution in [-0.4, -0.2) is 24.9 Å². The summed E-state index contributed by atoms with van der Waals surface area (Å²) in [6.07, 6.45) is 3.58. The normalized spacial score (nSPS) is 11.1. The average Bonchev–Trinajstić information content (AvgIpc) is 3.24. The molecule has 0 N–H and O–H groups in total. The van der Waals surface area contributed by atoms with Gasteiger partial charge in [-0.25, -0.2) is 15.0 Å². The minimum atomic E-state index is 0.788. The summed E-state index contributed by atoms with van der Waals surface area (Å²) in [4.78, 5) is 25.1. The van der Waals surface area contributed by atoms with Gasteiger partial charge in [-0.1, -0.05) is 133 Å². The smallest absolute Gasteiger partial charge is 0.0973 e. The lowest BCUT2D eigenvalue weighted by molar-refractivity contribution is 1.21. The maximum Gasteiger partial charge on any atom is 0.0973 e. The molecule has 244 valence electrons. The van der Waals surface area contributed by atoms with Crippen molar-refractivity contribution in [2.45, 2.75) is 0 Å². The third kappa shape index (κ3) is 6.12. The van der Waals surface area contributed by atoms with Crippen molar-refractivity contribution in [3.05, 3.63) is 188 Å². The fraction of sp³-hybridized carbons (Fsp3) is 0. The van der Waals surface area contributed by atoms with E-state index in [1.807, 2.05) is 72.8 Å². The van der Waals surface area contributed by atoms with Gasteiger partial charge in [-0.15, -0.1) is 0 Å². The lowest BCUT2D eigenvalue weighted by Crippen LogP contribution is -2.01. The zero-order valence-corrected chi connectivity index (χ0v) is 28.1. The Morgan fingerprint density at radius 3 is 1.23 bits per heavy atom. The molecule has 0 saturated carbocycles. The molecule has 5 heteroatoms. The number of nitrogens with zero attached hydrogens (tertiary/aromatic N) is 5. The maximum atomic E-state index is 5.47. The van der Waals surface area contributed by atoms with Gasteiger partial charge in [0, 0.05) is 34.6 Å². The summed E-state index contributed by atoms with van der Waals surface area (Å²) in [6, 6.07) is 60.1. The van der Waals surface area contributed by atoms with E-state index < -0.39 is 0 Å². The molecule has 0 bridgehead atoms. The number of pyridine rings is 3. The van der Waals surface area contributed by atoms with Crippen molar-refractivity contribution >= 4 is 10.8 Å². The van der Waals surface area contributed by atoms with Gasteiger partial charge in [0.05, 0.1) is 45.6 Å². The molecule has 0 fully saturated rings. The van der Waals surface area contributed by atoms with E-state index in [-0.39, 0.29) is 0 Å². The summed E-state index contributed by atoms with van der Waals surface area (Å²) in [5.74, 6) is 0. The standard InChI is InChI=1S/C47H31N5/c1-3-14-34(15-4-1)44-45(35-16-5-2-6-17-35)52-47(38-26-23-32-13-7-8-18-37(32)29-38)46(51-44)36-24-21-33(22-25-36)39-30-42(40-19-9-11-27-48-40)50-43(31-39)41-20-10-12-28-49-41/h1-31H. The number of benzene rings is 5. The van der Waals surface area contributed by atoms with Crippen LogP contribution in [0.25, 0.3) is 89.7 Å². The van der Waals surface area contributed by atoms with E-state index in [4.69, 9.17) is 15.0 Å². The number of hydrogen-bond acceptors (Lipinski definition) is 5. The van der Waals surface area contributed by atoms with E-state index in [9.17, 15) is 0 Å². The Labute approximate surface area is 302 Å². The van der Waals surface area contributed by atoms with Gasteiger partial charge in [0.15, 0.2) is 0 Å². The highest BCUT2D eigenvalue weighted by molar-refractivity contribution is 5.92. The summed E-state index contributed by atoms with van der Waals surface area (Å²) in [7, 11) is 0. The third-order valence-corrected chi connectivity index (χ3v) is 9.18. The first kappa shape index (κ1) is 30.9. The molecule has 0 aliphatic rings. The van der Waals surface area contributed by atoms with Crippen molar-refractivity contribution in [3.63, 3.8) is 0 Å². The van der Waals surface area contributed by atoms with Crippen molar-refractivity contribution < 1.29 is 0 Å². The van der Waals surface area contributed by atoms with E-state index >= 15 is 0 Å². The van der Waals surface area contributed by atoms with Gasteiger partial charge < -0.3 is 0 Å². The quantitative estimate of drug-likeness (QED) is 0.169. The van der Waals surface area contributed by atoms with Crippen LogP contribution in [0.15, 0.2) is 188 Å². The van der Waals surface area contributed by atoms with E-state index in [1.165, 1.54) is 5.39 Å². The number of fused-ring (bicyclic) bond motifs is 1. The second kappa shape index (κ2) is 13.7. The highest BCUT2D eigenvalue weighted by Gasteiger charge is 2.20. The third-order valence-electron chi connectivity index (χ3n) is 9.18. The fourth-order valence-electron chi connectivity index (χ4n) is 6.58. The Morgan fingerprint density at radius 2 is 0.692 bits per heavy atom. The molecule has 9 aromatic rings. The second-order valence-electron chi connectivity index (χ2n) is 12.5. The van der Waals surface area contributed by atoms with Gasteiger partial charge in [-0.3, -0.25) is 9.97 Å². The zero-order chi connectivity index (χ0) is 34.7. The van der Waals surface area contributed by atoms with E-state index in [2.05, 4.69) is 113 Å². The zero-order valence-electron chi connectivity index (χ0n) is 28.1. The molecule has 4 aromatic heterocycles. The van der Waals surface area contributed by atoms with Gasteiger partial charge in [0.1, 0.15) is 0 Å². The van der Waals surface area contributed by atoms with Crippen molar-refractivity contribution in [1.82, 2.24) is 24.9 Å². The number of rotatable bonds is 7. The minimum Gasteiger partial charge on any atom is -0.255 e. The Bertz CT molecular complexity index is 2590. The highest BCUT2D eigenvalue weighted by Crippen LogP contribution is 2.39. The molecular formula is C47H31N5. The van der Waals surface area contributed by atoms with Crippen LogP contribution in [0.1, 0.15) is 0 Å². The van der Waals surface area contributed by atoms with Crippen molar-refractivity contribution in [1.29, 1.82) is 0 Å². The molecule has 0 unspecified atom stereocenters. The molecule has 0 radical (unpaired) electrons. The lowest BCUT2D eigenvalue weighted by Gasteiger charge is -2.17. The first-order chi connectivity index (χ1) is 25.8. The molecule has 0 aliphatic heterocycles. The fourth-order valence-corrected chi connectivity index (χ4v) is 6.58. The van der Waals surface area contributed by atoms with Crippen molar-refractivity contribution in [3.8, 4) is 78.9 Å². The summed E-state index contributed by atoms with van der Waals surface area (Å²) in [6.45, 7) is 0. The molecule has 4 heterocycles. The Balaban J connectivity index is 1.22. The number of aromatic nitrogens is 5. The van der Waals surface area contributed by atoms with Crippen LogP contribution in [-0.2, 0) is 0 Å². The van der Waals surface area contributed by atoms with Crippen LogP contribution < -0.4 is 0 Å². The van der Waals surface area contributed by atoms with E-state index in [0.717, 1.165) is 84.3 Å². The van der Waals surface area contributed by atoms with Crippen LogP contribution in [0.4, 0.5) is 0 Å². The highest BCUT2D eigenvalue weighted by atomic mass is 14.9. The van der Waals surface area contributed by atoms with Gasteiger partial charge >= 0.3 is 0 Å². The molecule has 0 spiro atoms. The Hall–Kier alpha value is -7.11. The van der Waals surface area contributed by atoms with Crippen molar-refractivity contribution in [2.24, 2.45) is 0 Å². The predicted octanol–water partition coefficient (Wildman–Crippen LogP) is 11.5. The summed E-state index contributed by atoms with van der Waals surface area (Å²) in [5, 5.41) is 2.34. The monoisotopic (exact) mass is 665 g/mol. The van der Waals surface area contributed by atoms with Crippen LogP contribution in [0.3, 0.4) is 0 Å². The minimum absolute atomic E-state index is 0.788. The van der Waals surface area contributed by atoms with Crippen LogP contribution in [0.2, 0.25) is 0 Å². The van der Waals surface area contributed by atoms with Gasteiger partial charge in [-0.2, -0.15) is 0 Å². The molecule has 52 heavy (non-hydrogen) atoms. The van der Waals surface area contributed by atoms with Gasteiger partial charge in [-0.05, 0) is 64.4 Å². The molecule has 0 aliphatic carbocycles. The molecule has 0 atom stereocenters. The first-order valence-corrected chi connectivity index (χ1v) is 17.2. The molecule has 5 nitrogen and oxygen atoms in total. The number of hydrogen-bond donors (Lipinski definition) is 0. The molecule has 5 aromatic carbocycles. The largest absolute Gasteiger partial charge is 0.255 e. The summed E-state index contributed by atoms with van der Waals surface area (Å²) >= 11 is 0. The average molecular weight is 666 g/mol. The Kier molecular flexibility index (Phi) is 8.12. The van der Waals surface area contributed by atoms with Gasteiger partial charge in [0.2, 0.25) is 0 Å². The molecule has 9 rings (SSSR count). The summed E-state index contributed by atoms with van der Waals surface area (Å²) < 4.78 is 0.